The number of nitrogens with zero attached hydrogens (tertiary/aromatic N) is 1. The normalized spacial score (nSPS) is 9.95. The topological polar surface area (TPSA) is 108 Å². The number of carbonyl (C=O) groups excluding carboxylic acids is 2. The van der Waals surface area contributed by atoms with E-state index in [1.165, 1.54) is 18.3 Å². The molecular formula is C11H15N3O4S. The average molecular weight is 285 g/mol. The molecule has 7 nitrogen and oxygen atoms in total. The van der Waals surface area contributed by atoms with Crippen molar-refractivity contribution < 1.29 is 19.5 Å². The molecule has 104 valence electrons. The fraction of sp³-hybridized carbons (Fsp3) is 0.455. The minimum absolute atomic E-state index is 0.0940. The van der Waals surface area contributed by atoms with E-state index in [0.29, 0.717) is 18.0 Å². The predicted molar refractivity (Wildman–Crippen MR) is 70.0 cm³/mol. The Morgan fingerprint density at radius 2 is 2.16 bits per heavy atom. The van der Waals surface area contributed by atoms with Crippen molar-refractivity contribution in [2.75, 3.05) is 11.9 Å². The van der Waals surface area contributed by atoms with Gasteiger partial charge in [-0.3, -0.25) is 14.4 Å². The van der Waals surface area contributed by atoms with Crippen LogP contribution in [0.1, 0.15) is 25.5 Å². The molecule has 0 unspecified atom stereocenters. The van der Waals surface area contributed by atoms with Crippen molar-refractivity contribution in [3.8, 4) is 0 Å². The summed E-state index contributed by atoms with van der Waals surface area (Å²) in [6, 6.07) is 0. The molecule has 0 aromatic carbocycles. The van der Waals surface area contributed by atoms with Crippen LogP contribution < -0.4 is 10.6 Å². The van der Waals surface area contributed by atoms with E-state index in [0.717, 1.165) is 5.69 Å². The zero-order valence-electron chi connectivity index (χ0n) is 10.4. The number of carboxylic acid groups (broad SMARTS) is 1. The summed E-state index contributed by atoms with van der Waals surface area (Å²) in [4.78, 5) is 36.5. The zero-order valence-corrected chi connectivity index (χ0v) is 11.2. The van der Waals surface area contributed by atoms with Crippen molar-refractivity contribution in [2.45, 2.75) is 26.2 Å². The summed E-state index contributed by atoms with van der Waals surface area (Å²) in [6.45, 7) is 1.24. The fourth-order valence-electron chi connectivity index (χ4n) is 1.27. The summed E-state index contributed by atoms with van der Waals surface area (Å²) in [7, 11) is 0. The largest absolute Gasteiger partial charge is 0.481 e. The van der Waals surface area contributed by atoms with Crippen LogP contribution in [-0.4, -0.2) is 34.4 Å². The summed E-state index contributed by atoms with van der Waals surface area (Å²) in [6.07, 6.45) is 1.17. The molecule has 0 spiro atoms. The Kier molecular flexibility index (Phi) is 5.94. The second-order valence-electron chi connectivity index (χ2n) is 3.85. The minimum Gasteiger partial charge on any atom is -0.481 e. The number of anilines is 1. The van der Waals surface area contributed by atoms with E-state index in [2.05, 4.69) is 15.6 Å². The number of carboxylic acids is 1. The monoisotopic (exact) mass is 285 g/mol. The summed E-state index contributed by atoms with van der Waals surface area (Å²) in [5.74, 6) is -1.45. The van der Waals surface area contributed by atoms with Crippen LogP contribution in [0.5, 0.6) is 0 Å². The van der Waals surface area contributed by atoms with Crippen molar-refractivity contribution in [2.24, 2.45) is 0 Å². The van der Waals surface area contributed by atoms with Gasteiger partial charge in [-0.15, -0.1) is 11.3 Å². The highest BCUT2D eigenvalue weighted by Crippen LogP contribution is 2.16. The molecule has 0 aliphatic rings. The van der Waals surface area contributed by atoms with Gasteiger partial charge in [0.2, 0.25) is 11.8 Å². The first-order valence-electron chi connectivity index (χ1n) is 5.68. The molecule has 2 amide bonds. The lowest BCUT2D eigenvalue weighted by Gasteiger charge is -2.01. The van der Waals surface area contributed by atoms with Crippen molar-refractivity contribution in [1.82, 2.24) is 10.3 Å². The minimum atomic E-state index is -0.834. The van der Waals surface area contributed by atoms with Crippen LogP contribution in [0.3, 0.4) is 0 Å². The van der Waals surface area contributed by atoms with Crippen molar-refractivity contribution in [1.29, 1.82) is 0 Å². The standard InChI is InChI=1S/C11H15N3O4S/c1-7(15)12-5-9(16)14-11-13-8(6-19-11)3-2-4-10(17)18/h6H,2-5H2,1H3,(H,12,15)(H,17,18)(H,13,14,16). The van der Waals surface area contributed by atoms with Gasteiger partial charge in [0, 0.05) is 18.7 Å². The molecule has 0 bridgehead atoms. The molecule has 0 aliphatic heterocycles. The Morgan fingerprint density at radius 1 is 1.42 bits per heavy atom. The van der Waals surface area contributed by atoms with E-state index in [4.69, 9.17) is 5.11 Å². The van der Waals surface area contributed by atoms with Crippen LogP contribution in [0.25, 0.3) is 0 Å². The van der Waals surface area contributed by atoms with Crippen LogP contribution in [0, 0.1) is 0 Å². The number of aliphatic carboxylic acids is 1. The second kappa shape index (κ2) is 7.47. The van der Waals surface area contributed by atoms with Crippen molar-refractivity contribution in [3.05, 3.63) is 11.1 Å². The number of carbonyl (C=O) groups is 3. The molecule has 0 aliphatic carbocycles. The van der Waals surface area contributed by atoms with E-state index in [-0.39, 0.29) is 24.8 Å². The van der Waals surface area contributed by atoms with E-state index >= 15 is 0 Å². The Labute approximate surface area is 114 Å². The average Bonchev–Trinajstić information content (AvgIpc) is 2.73. The van der Waals surface area contributed by atoms with Gasteiger partial charge in [-0.05, 0) is 12.8 Å². The SMILES string of the molecule is CC(=O)NCC(=O)Nc1nc(CCCC(=O)O)cs1. The summed E-state index contributed by atoms with van der Waals surface area (Å²) in [5.41, 5.74) is 0.751. The molecule has 1 rings (SSSR count). The predicted octanol–water partition coefficient (Wildman–Crippen LogP) is 0.625. The molecule has 0 atom stereocenters. The van der Waals surface area contributed by atoms with Gasteiger partial charge in [0.15, 0.2) is 5.13 Å². The molecule has 1 heterocycles. The zero-order chi connectivity index (χ0) is 14.3. The van der Waals surface area contributed by atoms with E-state index in [9.17, 15) is 14.4 Å². The third kappa shape index (κ3) is 6.51. The molecule has 0 saturated carbocycles. The molecule has 19 heavy (non-hydrogen) atoms. The highest BCUT2D eigenvalue weighted by molar-refractivity contribution is 7.13. The van der Waals surface area contributed by atoms with Gasteiger partial charge < -0.3 is 15.7 Å². The van der Waals surface area contributed by atoms with Gasteiger partial charge in [-0.2, -0.15) is 0 Å². The van der Waals surface area contributed by atoms with Crippen molar-refractivity contribution >= 4 is 34.3 Å². The van der Waals surface area contributed by atoms with Crippen LogP contribution in [-0.2, 0) is 20.8 Å². The maximum absolute atomic E-state index is 11.4. The molecule has 1 aromatic heterocycles. The lowest BCUT2D eigenvalue weighted by Crippen LogP contribution is -2.31. The Hall–Kier alpha value is -1.96. The molecule has 1 aromatic rings. The van der Waals surface area contributed by atoms with Crippen molar-refractivity contribution in [3.63, 3.8) is 0 Å². The Morgan fingerprint density at radius 3 is 2.79 bits per heavy atom. The Bertz CT molecular complexity index is 472. The first-order chi connectivity index (χ1) is 8.97. The number of nitrogens with one attached hydrogen (secondary N) is 2. The van der Waals surface area contributed by atoms with E-state index in [1.54, 1.807) is 5.38 Å². The number of hydrogen-bond acceptors (Lipinski definition) is 5. The molecule has 0 fully saturated rings. The summed E-state index contributed by atoms with van der Waals surface area (Å²) in [5, 5.41) is 15.7. The fourth-order valence-corrected chi connectivity index (χ4v) is 2.03. The highest BCUT2D eigenvalue weighted by atomic mass is 32.1. The number of amides is 2. The van der Waals surface area contributed by atoms with Crippen LogP contribution in [0.2, 0.25) is 0 Å². The summed E-state index contributed by atoms with van der Waals surface area (Å²) < 4.78 is 0. The molecule has 0 saturated heterocycles. The van der Waals surface area contributed by atoms with Gasteiger partial charge in [-0.1, -0.05) is 0 Å². The molecule has 3 N–H and O–H groups in total. The van der Waals surface area contributed by atoms with Crippen LogP contribution in [0.4, 0.5) is 5.13 Å². The van der Waals surface area contributed by atoms with E-state index < -0.39 is 5.97 Å². The lowest BCUT2D eigenvalue weighted by atomic mass is 10.2. The second-order valence-corrected chi connectivity index (χ2v) is 4.71. The highest BCUT2D eigenvalue weighted by Gasteiger charge is 2.07. The number of thiazole rings is 1. The quantitative estimate of drug-likeness (QED) is 0.680. The van der Waals surface area contributed by atoms with Gasteiger partial charge in [0.1, 0.15) is 0 Å². The summed E-state index contributed by atoms with van der Waals surface area (Å²) >= 11 is 1.27. The maximum Gasteiger partial charge on any atom is 0.303 e. The van der Waals surface area contributed by atoms with Gasteiger partial charge in [0.25, 0.3) is 0 Å². The molecular weight excluding hydrogens is 270 g/mol. The smallest absolute Gasteiger partial charge is 0.303 e. The van der Waals surface area contributed by atoms with Gasteiger partial charge in [0.05, 0.1) is 12.2 Å². The number of aryl methyl sites for hydroxylation is 1. The van der Waals surface area contributed by atoms with Crippen LogP contribution in [0.15, 0.2) is 5.38 Å². The van der Waals surface area contributed by atoms with Gasteiger partial charge >= 0.3 is 5.97 Å². The third-order valence-electron chi connectivity index (χ3n) is 2.12. The van der Waals surface area contributed by atoms with E-state index in [1.807, 2.05) is 0 Å². The first kappa shape index (κ1) is 15.1. The first-order valence-corrected chi connectivity index (χ1v) is 6.56. The molecule has 0 radical (unpaired) electrons. The number of aromatic nitrogens is 1. The third-order valence-corrected chi connectivity index (χ3v) is 2.93. The van der Waals surface area contributed by atoms with Gasteiger partial charge in [-0.25, -0.2) is 4.98 Å². The Balaban J connectivity index is 2.35. The number of hydrogen-bond donors (Lipinski definition) is 3. The maximum atomic E-state index is 11.4. The lowest BCUT2D eigenvalue weighted by molar-refractivity contribution is -0.137. The number of rotatable bonds is 7. The molecule has 8 heteroatoms. The van der Waals surface area contributed by atoms with Crippen LogP contribution >= 0.6 is 11.3 Å².